The highest BCUT2D eigenvalue weighted by molar-refractivity contribution is 7.89. The summed E-state index contributed by atoms with van der Waals surface area (Å²) in [5, 5.41) is 13.1. The third kappa shape index (κ3) is 3.75. The summed E-state index contributed by atoms with van der Waals surface area (Å²) in [5.74, 6) is 0. The highest BCUT2D eigenvalue weighted by atomic mass is 32.2. The summed E-state index contributed by atoms with van der Waals surface area (Å²) in [7, 11) is -3.52. The molecule has 1 fully saturated rings. The third-order valence-corrected chi connectivity index (χ3v) is 5.63. The van der Waals surface area contributed by atoms with Crippen LogP contribution in [0.4, 0.5) is 5.69 Å². The van der Waals surface area contributed by atoms with E-state index in [9.17, 15) is 13.5 Å². The predicted molar refractivity (Wildman–Crippen MR) is 83.8 cm³/mol. The van der Waals surface area contributed by atoms with E-state index >= 15 is 0 Å². The molecule has 0 spiro atoms. The monoisotopic (exact) mass is 312 g/mol. The van der Waals surface area contributed by atoms with Crippen LogP contribution in [0.1, 0.15) is 39.0 Å². The van der Waals surface area contributed by atoms with Crippen LogP contribution in [0.15, 0.2) is 29.2 Å². The summed E-state index contributed by atoms with van der Waals surface area (Å²) in [6, 6.07) is 6.87. The number of hydrogen-bond donors (Lipinski definition) is 3. The first-order valence-electron chi connectivity index (χ1n) is 7.51. The molecular formula is C15H24N2O3S. The molecule has 0 atom stereocenters. The van der Waals surface area contributed by atoms with Crippen LogP contribution in [-0.4, -0.2) is 32.2 Å². The number of para-hydroxylation sites is 1. The minimum atomic E-state index is -3.52. The van der Waals surface area contributed by atoms with Crippen molar-refractivity contribution in [1.82, 2.24) is 4.72 Å². The molecule has 0 amide bonds. The highest BCUT2D eigenvalue weighted by Gasteiger charge is 2.32. The van der Waals surface area contributed by atoms with E-state index in [4.69, 9.17) is 0 Å². The van der Waals surface area contributed by atoms with Crippen molar-refractivity contribution in [3.63, 3.8) is 0 Å². The van der Waals surface area contributed by atoms with Crippen LogP contribution in [0.3, 0.4) is 0 Å². The number of benzene rings is 1. The van der Waals surface area contributed by atoms with Crippen LogP contribution >= 0.6 is 0 Å². The van der Waals surface area contributed by atoms with Crippen LogP contribution in [0.5, 0.6) is 0 Å². The lowest BCUT2D eigenvalue weighted by Crippen LogP contribution is -2.44. The zero-order chi connectivity index (χ0) is 15.3. The van der Waals surface area contributed by atoms with Gasteiger partial charge in [0, 0.05) is 6.54 Å². The number of sulfonamides is 1. The van der Waals surface area contributed by atoms with Gasteiger partial charge in [-0.15, -0.1) is 0 Å². The minimum absolute atomic E-state index is 0.0165. The lowest BCUT2D eigenvalue weighted by Gasteiger charge is -2.37. The Bertz CT molecular complexity index is 566. The maximum atomic E-state index is 12.3. The molecule has 0 unspecified atom stereocenters. The van der Waals surface area contributed by atoms with Crippen molar-refractivity contribution in [1.29, 1.82) is 0 Å². The van der Waals surface area contributed by atoms with Gasteiger partial charge in [0.05, 0.1) is 17.8 Å². The van der Waals surface area contributed by atoms with Gasteiger partial charge in [-0.3, -0.25) is 0 Å². The van der Waals surface area contributed by atoms with E-state index in [1.165, 1.54) is 6.42 Å². The smallest absolute Gasteiger partial charge is 0.242 e. The average Bonchev–Trinajstić information content (AvgIpc) is 2.48. The average molecular weight is 312 g/mol. The molecule has 0 radical (unpaired) electrons. The fraction of sp³-hybridized carbons (Fsp3) is 0.600. The zero-order valence-corrected chi connectivity index (χ0v) is 13.2. The minimum Gasteiger partial charge on any atom is -0.394 e. The van der Waals surface area contributed by atoms with E-state index in [-0.39, 0.29) is 11.5 Å². The first-order valence-corrected chi connectivity index (χ1v) is 8.99. The summed E-state index contributed by atoms with van der Waals surface area (Å²) in [5.41, 5.74) is 0.158. The van der Waals surface area contributed by atoms with Crippen LogP contribution < -0.4 is 10.0 Å². The quantitative estimate of drug-likeness (QED) is 0.751. The van der Waals surface area contributed by atoms with Crippen molar-refractivity contribution in [3.05, 3.63) is 24.3 Å². The summed E-state index contributed by atoms with van der Waals surface area (Å²) < 4.78 is 27.1. The second-order valence-electron chi connectivity index (χ2n) is 5.62. The maximum Gasteiger partial charge on any atom is 0.242 e. The first kappa shape index (κ1) is 16.3. The van der Waals surface area contributed by atoms with Gasteiger partial charge in [-0.2, -0.15) is 0 Å². The van der Waals surface area contributed by atoms with E-state index in [0.29, 0.717) is 12.2 Å². The van der Waals surface area contributed by atoms with Crippen molar-refractivity contribution < 1.29 is 13.5 Å². The Labute approximate surface area is 126 Å². The molecule has 1 saturated carbocycles. The Morgan fingerprint density at radius 3 is 2.48 bits per heavy atom. The Balaban J connectivity index is 2.32. The summed E-state index contributed by atoms with van der Waals surface area (Å²) in [6.07, 6.45) is 4.99. The number of rotatable bonds is 6. The zero-order valence-electron chi connectivity index (χ0n) is 12.4. The molecule has 21 heavy (non-hydrogen) atoms. The van der Waals surface area contributed by atoms with Crippen molar-refractivity contribution in [3.8, 4) is 0 Å². The molecule has 0 aromatic heterocycles. The maximum absolute atomic E-state index is 12.3. The van der Waals surface area contributed by atoms with Crippen LogP contribution in [-0.2, 0) is 10.0 Å². The lowest BCUT2D eigenvalue weighted by molar-refractivity contribution is 0.172. The third-order valence-electron chi connectivity index (χ3n) is 4.02. The van der Waals surface area contributed by atoms with Gasteiger partial charge >= 0.3 is 0 Å². The molecule has 6 heteroatoms. The summed E-state index contributed by atoms with van der Waals surface area (Å²) >= 11 is 0. The van der Waals surface area contributed by atoms with Crippen molar-refractivity contribution in [2.24, 2.45) is 0 Å². The van der Waals surface area contributed by atoms with Crippen molar-refractivity contribution >= 4 is 15.7 Å². The van der Waals surface area contributed by atoms with Gasteiger partial charge in [0.1, 0.15) is 4.90 Å². The van der Waals surface area contributed by atoms with Crippen LogP contribution in [0.2, 0.25) is 0 Å². The number of anilines is 1. The molecule has 1 aromatic carbocycles. The van der Waals surface area contributed by atoms with Gasteiger partial charge < -0.3 is 10.4 Å². The molecule has 0 bridgehead atoms. The van der Waals surface area contributed by atoms with E-state index in [0.717, 1.165) is 25.7 Å². The lowest BCUT2D eigenvalue weighted by atomic mass is 9.82. The fourth-order valence-electron chi connectivity index (χ4n) is 2.91. The van der Waals surface area contributed by atoms with Crippen molar-refractivity contribution in [2.75, 3.05) is 18.5 Å². The van der Waals surface area contributed by atoms with Crippen molar-refractivity contribution in [2.45, 2.75) is 49.5 Å². The molecule has 1 aliphatic carbocycles. The molecule has 118 valence electrons. The first-order chi connectivity index (χ1) is 10.0. The predicted octanol–water partition coefficient (Wildman–Crippen LogP) is 2.09. The Morgan fingerprint density at radius 2 is 1.86 bits per heavy atom. The van der Waals surface area contributed by atoms with E-state index in [1.54, 1.807) is 31.2 Å². The second-order valence-corrected chi connectivity index (χ2v) is 7.36. The number of aliphatic hydroxyl groups is 1. The van der Waals surface area contributed by atoms with E-state index in [2.05, 4.69) is 10.0 Å². The number of aliphatic hydroxyl groups excluding tert-OH is 1. The Kier molecular flexibility index (Phi) is 5.24. The van der Waals surface area contributed by atoms with Gasteiger partial charge in [0.15, 0.2) is 0 Å². The normalized spacial score (nSPS) is 18.4. The standard InChI is InChI=1S/C15H24N2O3S/c1-2-16-21(19,20)14-9-5-4-8-13(14)17-15(12-18)10-6-3-7-11-15/h4-5,8-9,16-18H,2-3,6-7,10-12H2,1H3. The fourth-order valence-corrected chi connectivity index (χ4v) is 4.11. The Hall–Kier alpha value is -1.11. The van der Waals surface area contributed by atoms with Gasteiger partial charge in [-0.25, -0.2) is 13.1 Å². The van der Waals surface area contributed by atoms with Gasteiger partial charge in [-0.1, -0.05) is 38.3 Å². The van der Waals surface area contributed by atoms with E-state index in [1.807, 2.05) is 0 Å². The SMILES string of the molecule is CCNS(=O)(=O)c1ccccc1NC1(CO)CCCCC1. The van der Waals surface area contributed by atoms with Gasteiger partial charge in [-0.05, 0) is 25.0 Å². The summed E-state index contributed by atoms with van der Waals surface area (Å²) in [6.45, 7) is 2.12. The highest BCUT2D eigenvalue weighted by Crippen LogP contribution is 2.33. The molecule has 0 aliphatic heterocycles. The largest absolute Gasteiger partial charge is 0.394 e. The molecular weight excluding hydrogens is 288 g/mol. The number of hydrogen-bond acceptors (Lipinski definition) is 4. The number of nitrogens with one attached hydrogen (secondary N) is 2. The molecule has 3 N–H and O–H groups in total. The van der Waals surface area contributed by atoms with Gasteiger partial charge in [0.25, 0.3) is 0 Å². The molecule has 1 aliphatic rings. The summed E-state index contributed by atoms with van der Waals surface area (Å²) in [4.78, 5) is 0.241. The molecule has 2 rings (SSSR count). The molecule has 0 heterocycles. The molecule has 5 nitrogen and oxygen atoms in total. The Morgan fingerprint density at radius 1 is 1.19 bits per heavy atom. The molecule has 0 saturated heterocycles. The van der Waals surface area contributed by atoms with Crippen LogP contribution in [0, 0.1) is 0 Å². The van der Waals surface area contributed by atoms with E-state index < -0.39 is 15.6 Å². The van der Waals surface area contributed by atoms with Gasteiger partial charge in [0.2, 0.25) is 10.0 Å². The topological polar surface area (TPSA) is 78.4 Å². The second kappa shape index (κ2) is 6.77. The molecule has 1 aromatic rings. The van der Waals surface area contributed by atoms with Crippen LogP contribution in [0.25, 0.3) is 0 Å².